The minimum Gasteiger partial charge on any atom is -0.497 e. The van der Waals surface area contributed by atoms with Crippen molar-refractivity contribution in [3.63, 3.8) is 0 Å². The summed E-state index contributed by atoms with van der Waals surface area (Å²) >= 11 is 6.11. The molecule has 11 nitrogen and oxygen atoms in total. The van der Waals surface area contributed by atoms with Gasteiger partial charge in [0.1, 0.15) is 24.1 Å². The lowest BCUT2D eigenvalue weighted by Gasteiger charge is -2.34. The molecule has 3 aromatic carbocycles. The van der Waals surface area contributed by atoms with Crippen molar-refractivity contribution >= 4 is 39.1 Å². The Morgan fingerprint density at radius 1 is 0.826 bits per heavy atom. The molecular formula is C33H42ClN3O8S. The van der Waals surface area contributed by atoms with Gasteiger partial charge in [-0.3, -0.25) is 13.9 Å². The van der Waals surface area contributed by atoms with Crippen molar-refractivity contribution in [1.29, 1.82) is 0 Å². The van der Waals surface area contributed by atoms with Crippen LogP contribution in [0.4, 0.5) is 5.69 Å². The Morgan fingerprint density at radius 3 is 2.02 bits per heavy atom. The molecule has 1 N–H and O–H groups in total. The van der Waals surface area contributed by atoms with E-state index in [9.17, 15) is 18.0 Å². The van der Waals surface area contributed by atoms with Crippen LogP contribution in [-0.2, 0) is 26.2 Å². The van der Waals surface area contributed by atoms with Crippen molar-refractivity contribution in [2.45, 2.75) is 57.1 Å². The fourth-order valence-electron chi connectivity index (χ4n) is 4.76. The monoisotopic (exact) mass is 675 g/mol. The molecule has 0 saturated carbocycles. The quantitative estimate of drug-likeness (QED) is 0.217. The van der Waals surface area contributed by atoms with E-state index in [0.29, 0.717) is 28.5 Å². The number of sulfonamides is 1. The first-order chi connectivity index (χ1) is 21.9. The van der Waals surface area contributed by atoms with Crippen molar-refractivity contribution < 1.29 is 37.0 Å². The van der Waals surface area contributed by atoms with Gasteiger partial charge < -0.3 is 29.2 Å². The van der Waals surface area contributed by atoms with E-state index < -0.39 is 28.5 Å². The lowest BCUT2D eigenvalue weighted by Crippen LogP contribution is -2.53. The summed E-state index contributed by atoms with van der Waals surface area (Å²) in [5, 5.41) is 3.47. The second-order valence-corrected chi connectivity index (χ2v) is 12.8. The molecule has 13 heteroatoms. The molecule has 46 heavy (non-hydrogen) atoms. The maximum atomic E-state index is 14.4. The summed E-state index contributed by atoms with van der Waals surface area (Å²) in [6, 6.07) is 14.7. The summed E-state index contributed by atoms with van der Waals surface area (Å²) in [6.45, 7) is 4.98. The van der Waals surface area contributed by atoms with Crippen LogP contribution in [0.25, 0.3) is 0 Å². The first-order valence-corrected chi connectivity index (χ1v) is 16.6. The summed E-state index contributed by atoms with van der Waals surface area (Å²) in [5.74, 6) is 0.0823. The lowest BCUT2D eigenvalue weighted by molar-refractivity contribution is -0.140. The van der Waals surface area contributed by atoms with Gasteiger partial charge in [-0.1, -0.05) is 37.6 Å². The molecule has 0 fully saturated rings. The fraction of sp³-hybridized carbons (Fsp3) is 0.394. The molecule has 2 atom stereocenters. The van der Waals surface area contributed by atoms with Gasteiger partial charge in [0.2, 0.25) is 11.8 Å². The Morgan fingerprint density at radius 2 is 1.46 bits per heavy atom. The van der Waals surface area contributed by atoms with E-state index in [4.69, 9.17) is 30.5 Å². The molecule has 3 aromatic rings. The Labute approximate surface area is 276 Å². The van der Waals surface area contributed by atoms with Crippen LogP contribution < -0.4 is 28.6 Å². The number of carbonyl (C=O) groups is 2. The van der Waals surface area contributed by atoms with Gasteiger partial charge >= 0.3 is 0 Å². The molecular weight excluding hydrogens is 634 g/mol. The van der Waals surface area contributed by atoms with Crippen molar-refractivity contribution in [1.82, 2.24) is 10.2 Å². The van der Waals surface area contributed by atoms with Gasteiger partial charge in [-0.25, -0.2) is 8.42 Å². The van der Waals surface area contributed by atoms with Crippen molar-refractivity contribution in [2.24, 2.45) is 0 Å². The second kappa shape index (κ2) is 16.4. The Bertz CT molecular complexity index is 1600. The van der Waals surface area contributed by atoms with Gasteiger partial charge in [-0.2, -0.15) is 0 Å². The van der Waals surface area contributed by atoms with Gasteiger partial charge in [0.05, 0.1) is 39.0 Å². The number of halogens is 1. The van der Waals surface area contributed by atoms with Crippen molar-refractivity contribution in [3.05, 3.63) is 71.2 Å². The highest BCUT2D eigenvalue weighted by Crippen LogP contribution is 2.38. The number of amides is 2. The summed E-state index contributed by atoms with van der Waals surface area (Å²) in [5.41, 5.74) is 0.773. The summed E-state index contributed by atoms with van der Waals surface area (Å²) < 4.78 is 51.4. The van der Waals surface area contributed by atoms with Gasteiger partial charge in [0, 0.05) is 29.7 Å². The van der Waals surface area contributed by atoms with Crippen LogP contribution in [-0.4, -0.2) is 72.2 Å². The minimum atomic E-state index is -4.46. The zero-order valence-electron chi connectivity index (χ0n) is 27.2. The van der Waals surface area contributed by atoms with E-state index in [0.717, 1.165) is 4.31 Å². The highest BCUT2D eigenvalue weighted by molar-refractivity contribution is 7.92. The highest BCUT2D eigenvalue weighted by Gasteiger charge is 2.35. The summed E-state index contributed by atoms with van der Waals surface area (Å²) in [7, 11) is 1.22. The van der Waals surface area contributed by atoms with Gasteiger partial charge in [-0.15, -0.1) is 0 Å². The van der Waals surface area contributed by atoms with E-state index >= 15 is 0 Å². The van der Waals surface area contributed by atoms with Gasteiger partial charge in [0.25, 0.3) is 10.0 Å². The molecule has 0 bridgehead atoms. The minimum absolute atomic E-state index is 0.0297. The molecule has 0 aliphatic heterocycles. The molecule has 0 aromatic heterocycles. The average Bonchev–Trinajstić information content (AvgIpc) is 3.06. The third kappa shape index (κ3) is 8.55. The lowest BCUT2D eigenvalue weighted by atomic mass is 10.1. The third-order valence-corrected chi connectivity index (χ3v) is 9.54. The van der Waals surface area contributed by atoms with Crippen LogP contribution in [0.15, 0.2) is 65.6 Å². The Kier molecular flexibility index (Phi) is 13.0. The Balaban J connectivity index is 2.19. The molecule has 250 valence electrons. The summed E-state index contributed by atoms with van der Waals surface area (Å²) in [6.07, 6.45) is 0.979. The number of benzene rings is 3. The molecule has 2 unspecified atom stereocenters. The molecule has 0 aliphatic carbocycles. The topological polar surface area (TPSA) is 124 Å². The fourth-order valence-corrected chi connectivity index (χ4v) is 6.31. The summed E-state index contributed by atoms with van der Waals surface area (Å²) in [4.78, 5) is 29.1. The maximum Gasteiger partial charge on any atom is 0.265 e. The van der Waals surface area contributed by atoms with Crippen LogP contribution in [0.2, 0.25) is 5.02 Å². The molecule has 3 rings (SSSR count). The number of nitrogens with one attached hydrogen (secondary N) is 1. The number of rotatable bonds is 16. The molecule has 0 heterocycles. The first kappa shape index (κ1) is 36.3. The third-order valence-electron chi connectivity index (χ3n) is 7.53. The SMILES string of the molecule is CCC(C)NC(=O)C(CC)N(Cc1ccc(Cl)cc1)C(=O)CN(c1cc(OC)ccc1OC)S(=O)(=O)c1ccc(OC)c(OC)c1. The van der Waals surface area contributed by atoms with Gasteiger partial charge in [0.15, 0.2) is 11.5 Å². The maximum absolute atomic E-state index is 14.4. The predicted octanol–water partition coefficient (Wildman–Crippen LogP) is 5.29. The number of anilines is 1. The van der Waals surface area contributed by atoms with E-state index in [1.807, 2.05) is 13.8 Å². The second-order valence-electron chi connectivity index (χ2n) is 10.5. The highest BCUT2D eigenvalue weighted by atomic mass is 35.5. The molecule has 0 radical (unpaired) electrons. The molecule has 0 saturated heterocycles. The Hall–Kier alpha value is -4.16. The van der Waals surface area contributed by atoms with E-state index in [-0.39, 0.29) is 47.0 Å². The number of nitrogens with zero attached hydrogens (tertiary/aromatic N) is 2. The number of hydrogen-bond acceptors (Lipinski definition) is 8. The molecule has 0 aliphatic rings. The van der Waals surface area contributed by atoms with Gasteiger partial charge in [-0.05, 0) is 61.7 Å². The van der Waals surface area contributed by atoms with Crippen LogP contribution in [0, 0.1) is 0 Å². The largest absolute Gasteiger partial charge is 0.497 e. The predicted molar refractivity (Wildman–Crippen MR) is 178 cm³/mol. The van der Waals surface area contributed by atoms with Crippen molar-refractivity contribution in [2.75, 3.05) is 39.3 Å². The smallest absolute Gasteiger partial charge is 0.265 e. The van der Waals surface area contributed by atoms with E-state index in [2.05, 4.69) is 5.32 Å². The zero-order valence-corrected chi connectivity index (χ0v) is 28.8. The number of methoxy groups -OCH3 is 4. The van der Waals surface area contributed by atoms with Crippen LogP contribution in [0.3, 0.4) is 0 Å². The number of carbonyl (C=O) groups excluding carboxylic acids is 2. The molecule has 2 amide bonds. The first-order valence-electron chi connectivity index (χ1n) is 14.7. The van der Waals surface area contributed by atoms with E-state index in [1.165, 1.54) is 57.6 Å². The number of hydrogen-bond donors (Lipinski definition) is 1. The van der Waals surface area contributed by atoms with Crippen molar-refractivity contribution in [3.8, 4) is 23.0 Å². The standard InChI is InChI=1S/C33H42ClN3O8S/c1-8-22(3)35-33(39)27(9-2)36(20-23-10-12-24(34)13-11-23)32(38)21-37(28-18-25(42-4)14-16-29(28)43-5)46(40,41)26-15-17-30(44-6)31(19-26)45-7/h10-19,22,27H,8-9,20-21H2,1-7H3,(H,35,39). The van der Waals surface area contributed by atoms with Crippen LogP contribution in [0.5, 0.6) is 23.0 Å². The van der Waals surface area contributed by atoms with Crippen LogP contribution >= 0.6 is 11.6 Å². The molecule has 0 spiro atoms. The zero-order chi connectivity index (χ0) is 34.0. The number of ether oxygens (including phenoxy) is 4. The average molecular weight is 676 g/mol. The van der Waals surface area contributed by atoms with Crippen LogP contribution in [0.1, 0.15) is 39.2 Å². The van der Waals surface area contributed by atoms with E-state index in [1.54, 1.807) is 43.3 Å². The normalized spacial score (nSPS) is 12.4.